The molecule has 0 saturated carbocycles. The molecule has 98 valence electrons. The minimum atomic E-state index is -0.436. The van der Waals surface area contributed by atoms with Crippen LogP contribution in [0.5, 0.6) is 11.5 Å². The molecular weight excluding hydrogens is 310 g/mol. The van der Waals surface area contributed by atoms with E-state index in [0.29, 0.717) is 5.75 Å². The van der Waals surface area contributed by atoms with Crippen molar-refractivity contribution in [3.05, 3.63) is 62.1 Å². The third-order valence-corrected chi connectivity index (χ3v) is 3.56. The lowest BCUT2D eigenvalue weighted by Crippen LogP contribution is -1.94. The SMILES string of the molecule is Cc1ccc(Oc2ccc(Br)c(C)c2)c([N+](=O)[O-])c1. The number of nitrogens with zero attached hydrogens (tertiary/aromatic N) is 1. The average molecular weight is 322 g/mol. The molecule has 5 heteroatoms. The zero-order valence-electron chi connectivity index (χ0n) is 10.5. The summed E-state index contributed by atoms with van der Waals surface area (Å²) in [5, 5.41) is 11.0. The van der Waals surface area contributed by atoms with Gasteiger partial charge in [0.25, 0.3) is 0 Å². The van der Waals surface area contributed by atoms with Crippen LogP contribution in [0.2, 0.25) is 0 Å². The Labute approximate surface area is 119 Å². The van der Waals surface area contributed by atoms with Crippen molar-refractivity contribution < 1.29 is 9.66 Å². The van der Waals surface area contributed by atoms with Gasteiger partial charge in [-0.25, -0.2) is 0 Å². The molecule has 4 nitrogen and oxygen atoms in total. The van der Waals surface area contributed by atoms with E-state index in [9.17, 15) is 10.1 Å². The quantitative estimate of drug-likeness (QED) is 0.604. The van der Waals surface area contributed by atoms with Crippen molar-refractivity contribution in [2.24, 2.45) is 0 Å². The molecule has 0 fully saturated rings. The number of halogens is 1. The predicted octanol–water partition coefficient (Wildman–Crippen LogP) is 4.77. The van der Waals surface area contributed by atoms with E-state index < -0.39 is 4.92 Å². The van der Waals surface area contributed by atoms with Crippen LogP contribution in [0.4, 0.5) is 5.69 Å². The number of hydrogen-bond donors (Lipinski definition) is 0. The van der Waals surface area contributed by atoms with Gasteiger partial charge in [-0.15, -0.1) is 0 Å². The molecule has 0 aliphatic carbocycles. The van der Waals surface area contributed by atoms with Gasteiger partial charge in [0, 0.05) is 10.5 Å². The fraction of sp³-hybridized carbons (Fsp3) is 0.143. The van der Waals surface area contributed by atoms with E-state index >= 15 is 0 Å². The average Bonchev–Trinajstić information content (AvgIpc) is 2.36. The number of hydrogen-bond acceptors (Lipinski definition) is 3. The molecule has 2 aromatic rings. The summed E-state index contributed by atoms with van der Waals surface area (Å²) in [4.78, 5) is 10.6. The maximum absolute atomic E-state index is 11.0. The number of rotatable bonds is 3. The standard InChI is InChI=1S/C14H12BrNO3/c1-9-3-6-14(13(7-9)16(17)18)19-11-4-5-12(15)10(2)8-11/h3-8H,1-2H3. The summed E-state index contributed by atoms with van der Waals surface area (Å²) in [6, 6.07) is 10.3. The van der Waals surface area contributed by atoms with Crippen molar-refractivity contribution in [2.75, 3.05) is 0 Å². The van der Waals surface area contributed by atoms with Crippen LogP contribution in [0.1, 0.15) is 11.1 Å². The molecule has 2 rings (SSSR count). The Kier molecular flexibility index (Phi) is 3.85. The van der Waals surface area contributed by atoms with Gasteiger partial charge in [-0.3, -0.25) is 10.1 Å². The van der Waals surface area contributed by atoms with Crippen molar-refractivity contribution >= 4 is 21.6 Å². The highest BCUT2D eigenvalue weighted by atomic mass is 79.9. The molecule has 0 atom stereocenters. The highest BCUT2D eigenvalue weighted by Crippen LogP contribution is 2.33. The van der Waals surface area contributed by atoms with Gasteiger partial charge in [-0.1, -0.05) is 22.0 Å². The van der Waals surface area contributed by atoms with Gasteiger partial charge in [-0.05, 0) is 49.2 Å². The van der Waals surface area contributed by atoms with Crippen LogP contribution in [0.15, 0.2) is 40.9 Å². The first-order valence-electron chi connectivity index (χ1n) is 5.66. The molecule has 0 aromatic heterocycles. The normalized spacial score (nSPS) is 10.3. The van der Waals surface area contributed by atoms with Gasteiger partial charge in [0.2, 0.25) is 5.75 Å². The van der Waals surface area contributed by atoms with Gasteiger partial charge in [-0.2, -0.15) is 0 Å². The van der Waals surface area contributed by atoms with Gasteiger partial charge in [0.05, 0.1) is 4.92 Å². The topological polar surface area (TPSA) is 52.4 Å². The molecule has 0 aliphatic rings. The highest BCUT2D eigenvalue weighted by Gasteiger charge is 2.16. The van der Waals surface area contributed by atoms with Crippen molar-refractivity contribution in [2.45, 2.75) is 13.8 Å². The summed E-state index contributed by atoms with van der Waals surface area (Å²) in [5.74, 6) is 0.824. The second-order valence-electron chi connectivity index (χ2n) is 4.24. The summed E-state index contributed by atoms with van der Waals surface area (Å²) in [7, 11) is 0. The third kappa shape index (κ3) is 3.12. The van der Waals surface area contributed by atoms with Crippen LogP contribution in [0, 0.1) is 24.0 Å². The smallest absolute Gasteiger partial charge is 0.311 e. The molecule has 0 N–H and O–H groups in total. The third-order valence-electron chi connectivity index (χ3n) is 2.67. The van der Waals surface area contributed by atoms with Crippen LogP contribution >= 0.6 is 15.9 Å². The van der Waals surface area contributed by atoms with Crippen molar-refractivity contribution in [1.29, 1.82) is 0 Å². The molecule has 2 aromatic carbocycles. The monoisotopic (exact) mass is 321 g/mol. The van der Waals surface area contributed by atoms with Crippen LogP contribution in [-0.4, -0.2) is 4.92 Å². The van der Waals surface area contributed by atoms with Gasteiger partial charge >= 0.3 is 5.69 Å². The van der Waals surface area contributed by atoms with Gasteiger partial charge in [0.15, 0.2) is 0 Å². The van der Waals surface area contributed by atoms with Gasteiger partial charge < -0.3 is 4.74 Å². The van der Waals surface area contributed by atoms with E-state index in [4.69, 9.17) is 4.74 Å². The number of nitro groups is 1. The van der Waals surface area contributed by atoms with E-state index in [2.05, 4.69) is 15.9 Å². The second-order valence-corrected chi connectivity index (χ2v) is 5.10. The molecule has 0 bridgehead atoms. The molecule has 0 saturated heterocycles. The molecule has 0 heterocycles. The number of ether oxygens (including phenoxy) is 1. The molecule has 0 unspecified atom stereocenters. The lowest BCUT2D eigenvalue weighted by Gasteiger charge is -2.08. The molecule has 0 amide bonds. The molecule has 0 aliphatic heterocycles. The van der Waals surface area contributed by atoms with Crippen molar-refractivity contribution in [1.82, 2.24) is 0 Å². The lowest BCUT2D eigenvalue weighted by molar-refractivity contribution is -0.385. The van der Waals surface area contributed by atoms with Crippen LogP contribution in [0.3, 0.4) is 0 Å². The van der Waals surface area contributed by atoms with Gasteiger partial charge in [0.1, 0.15) is 5.75 Å². The Balaban J connectivity index is 2.37. The first-order chi connectivity index (χ1) is 8.97. The fourth-order valence-corrected chi connectivity index (χ4v) is 1.91. The zero-order chi connectivity index (χ0) is 14.0. The Bertz CT molecular complexity index is 641. The van der Waals surface area contributed by atoms with Crippen LogP contribution in [0.25, 0.3) is 0 Å². The number of benzene rings is 2. The van der Waals surface area contributed by atoms with Crippen molar-refractivity contribution in [3.8, 4) is 11.5 Å². The second kappa shape index (κ2) is 5.40. The summed E-state index contributed by atoms with van der Waals surface area (Å²) in [6.45, 7) is 3.74. The first-order valence-corrected chi connectivity index (χ1v) is 6.46. The molecular formula is C14H12BrNO3. The van der Waals surface area contributed by atoms with Crippen LogP contribution in [-0.2, 0) is 0 Å². The Morgan fingerprint density at radius 3 is 2.53 bits per heavy atom. The largest absolute Gasteiger partial charge is 0.450 e. The van der Waals surface area contributed by atoms with E-state index in [-0.39, 0.29) is 11.4 Å². The number of aryl methyl sites for hydroxylation is 2. The Morgan fingerprint density at radius 1 is 1.16 bits per heavy atom. The van der Waals surface area contributed by atoms with E-state index in [0.717, 1.165) is 15.6 Å². The fourth-order valence-electron chi connectivity index (χ4n) is 1.66. The summed E-state index contributed by atoms with van der Waals surface area (Å²) >= 11 is 3.40. The summed E-state index contributed by atoms with van der Waals surface area (Å²) in [5.41, 5.74) is 1.80. The van der Waals surface area contributed by atoms with E-state index in [1.54, 1.807) is 25.1 Å². The summed E-state index contributed by atoms with van der Waals surface area (Å²) in [6.07, 6.45) is 0. The zero-order valence-corrected chi connectivity index (χ0v) is 12.1. The molecule has 19 heavy (non-hydrogen) atoms. The Morgan fingerprint density at radius 2 is 1.89 bits per heavy atom. The maximum Gasteiger partial charge on any atom is 0.311 e. The molecule has 0 spiro atoms. The minimum Gasteiger partial charge on any atom is -0.450 e. The van der Waals surface area contributed by atoms with Crippen LogP contribution < -0.4 is 4.74 Å². The summed E-state index contributed by atoms with van der Waals surface area (Å²) < 4.78 is 6.57. The molecule has 0 radical (unpaired) electrons. The minimum absolute atomic E-state index is 0.0272. The van der Waals surface area contributed by atoms with E-state index in [1.807, 2.05) is 19.1 Å². The lowest BCUT2D eigenvalue weighted by atomic mass is 10.2. The highest BCUT2D eigenvalue weighted by molar-refractivity contribution is 9.10. The first kappa shape index (κ1) is 13.5. The number of nitro benzene ring substituents is 1. The Hall–Kier alpha value is -1.88. The van der Waals surface area contributed by atoms with E-state index in [1.165, 1.54) is 6.07 Å². The maximum atomic E-state index is 11.0. The van der Waals surface area contributed by atoms with Crippen molar-refractivity contribution in [3.63, 3.8) is 0 Å². The predicted molar refractivity (Wildman–Crippen MR) is 76.8 cm³/mol.